The van der Waals surface area contributed by atoms with Crippen LogP contribution in [0.3, 0.4) is 0 Å². The summed E-state index contributed by atoms with van der Waals surface area (Å²) in [7, 11) is 0. The van der Waals surface area contributed by atoms with E-state index in [0.717, 1.165) is 18.1 Å². The average molecular weight is 284 g/mol. The lowest BCUT2D eigenvalue weighted by atomic mass is 10.0. The maximum atomic E-state index is 5.83. The molecule has 2 rings (SSSR count). The second kappa shape index (κ2) is 7.75. The van der Waals surface area contributed by atoms with Crippen LogP contribution in [0.1, 0.15) is 39.5 Å². The van der Waals surface area contributed by atoms with Crippen LogP contribution in [0.4, 0.5) is 0 Å². The fraction of sp³-hybridized carbons (Fsp3) is 0.733. The summed E-state index contributed by atoms with van der Waals surface area (Å²) in [6.45, 7) is 6.53. The monoisotopic (exact) mass is 284 g/mol. The van der Waals surface area contributed by atoms with E-state index in [1.54, 1.807) is 11.3 Å². The van der Waals surface area contributed by atoms with Crippen LogP contribution in [0.2, 0.25) is 0 Å². The van der Waals surface area contributed by atoms with Crippen LogP contribution in [-0.2, 0) is 4.74 Å². The quantitative estimate of drug-likeness (QED) is 0.718. The molecule has 0 saturated heterocycles. The van der Waals surface area contributed by atoms with Gasteiger partial charge in [0.05, 0.1) is 6.61 Å². The van der Waals surface area contributed by atoms with Crippen LogP contribution in [-0.4, -0.2) is 25.9 Å². The lowest BCUT2D eigenvalue weighted by molar-refractivity contribution is -0.00273. The minimum atomic E-state index is 0.0331. The first kappa shape index (κ1) is 14.7. The van der Waals surface area contributed by atoms with E-state index in [9.17, 15) is 0 Å². The Morgan fingerprint density at radius 2 is 2.21 bits per heavy atom. The molecule has 4 heteroatoms. The summed E-state index contributed by atoms with van der Waals surface area (Å²) in [5, 5.41) is 3.96. The van der Waals surface area contributed by atoms with E-state index < -0.39 is 0 Å². The van der Waals surface area contributed by atoms with Gasteiger partial charge in [-0.1, -0.05) is 33.1 Å². The predicted octanol–water partition coefficient (Wildman–Crippen LogP) is 4.12. The molecule has 1 aliphatic rings. The highest BCUT2D eigenvalue weighted by Crippen LogP contribution is 2.35. The Bertz CT molecular complexity index is 364. The topological polar surface area (TPSA) is 27.7 Å². The summed E-state index contributed by atoms with van der Waals surface area (Å²) < 4.78 is 17.3. The Labute approximate surface area is 119 Å². The summed E-state index contributed by atoms with van der Waals surface area (Å²) in [4.78, 5) is 0. The third-order valence-electron chi connectivity index (χ3n) is 3.51. The summed E-state index contributed by atoms with van der Waals surface area (Å²) in [5.41, 5.74) is 0. The standard InChI is InChI=1S/C15H24O3S/c1-3-5-6-12(4-2)7-16-8-13-9-17-14-10-19-11-15(14)18-13/h10-13H,3-9H2,1-2H3. The first-order chi connectivity index (χ1) is 9.33. The Morgan fingerprint density at radius 3 is 3.00 bits per heavy atom. The Morgan fingerprint density at radius 1 is 1.37 bits per heavy atom. The van der Waals surface area contributed by atoms with E-state index in [1.807, 2.05) is 10.8 Å². The lowest BCUT2D eigenvalue weighted by Crippen LogP contribution is -2.33. The van der Waals surface area contributed by atoms with Crippen LogP contribution < -0.4 is 9.47 Å². The molecule has 2 heterocycles. The van der Waals surface area contributed by atoms with E-state index in [2.05, 4.69) is 13.8 Å². The minimum Gasteiger partial charge on any atom is -0.485 e. The molecule has 0 radical (unpaired) electrons. The molecular formula is C15H24O3S. The number of hydrogen-bond donors (Lipinski definition) is 0. The largest absolute Gasteiger partial charge is 0.485 e. The van der Waals surface area contributed by atoms with Gasteiger partial charge in [0.2, 0.25) is 0 Å². The molecule has 1 aliphatic heterocycles. The molecule has 0 fully saturated rings. The van der Waals surface area contributed by atoms with Gasteiger partial charge in [0.25, 0.3) is 0 Å². The van der Waals surface area contributed by atoms with E-state index in [0.29, 0.717) is 19.1 Å². The highest BCUT2D eigenvalue weighted by molar-refractivity contribution is 7.08. The number of hydrogen-bond acceptors (Lipinski definition) is 4. The Balaban J connectivity index is 1.66. The fourth-order valence-electron chi connectivity index (χ4n) is 2.21. The van der Waals surface area contributed by atoms with Crippen LogP contribution in [0.15, 0.2) is 10.8 Å². The van der Waals surface area contributed by atoms with E-state index >= 15 is 0 Å². The number of unbranched alkanes of at least 4 members (excludes halogenated alkanes) is 1. The molecule has 0 amide bonds. The van der Waals surface area contributed by atoms with Crippen molar-refractivity contribution >= 4 is 11.3 Å². The summed E-state index contributed by atoms with van der Waals surface area (Å²) >= 11 is 1.61. The molecule has 0 aliphatic carbocycles. The normalized spacial score (nSPS) is 19.4. The molecule has 0 bridgehead atoms. The van der Waals surface area contributed by atoms with Gasteiger partial charge in [0, 0.05) is 17.4 Å². The molecule has 0 N–H and O–H groups in total. The highest BCUT2D eigenvalue weighted by Gasteiger charge is 2.22. The molecule has 0 saturated carbocycles. The number of rotatable bonds is 8. The van der Waals surface area contributed by atoms with Gasteiger partial charge in [-0.3, -0.25) is 0 Å². The van der Waals surface area contributed by atoms with Gasteiger partial charge in [-0.2, -0.15) is 0 Å². The molecule has 1 aromatic rings. The molecule has 2 unspecified atom stereocenters. The van der Waals surface area contributed by atoms with Gasteiger partial charge >= 0.3 is 0 Å². The number of thiophene rings is 1. The van der Waals surface area contributed by atoms with Gasteiger partial charge in [-0.15, -0.1) is 11.3 Å². The van der Waals surface area contributed by atoms with Crippen molar-refractivity contribution in [2.45, 2.75) is 45.6 Å². The summed E-state index contributed by atoms with van der Waals surface area (Å²) in [6, 6.07) is 0. The molecule has 108 valence electrons. The zero-order valence-corrected chi connectivity index (χ0v) is 12.7. The minimum absolute atomic E-state index is 0.0331. The summed E-state index contributed by atoms with van der Waals surface area (Å²) in [5.74, 6) is 2.42. The second-order valence-corrected chi connectivity index (χ2v) is 5.85. The SMILES string of the molecule is CCCCC(CC)COCC1COc2cscc2O1. The van der Waals surface area contributed by atoms with Gasteiger partial charge in [0.1, 0.15) is 6.61 Å². The Hall–Kier alpha value is -0.740. The zero-order chi connectivity index (χ0) is 13.5. The van der Waals surface area contributed by atoms with Crippen molar-refractivity contribution in [3.63, 3.8) is 0 Å². The zero-order valence-electron chi connectivity index (χ0n) is 11.9. The molecule has 0 spiro atoms. The van der Waals surface area contributed by atoms with E-state index in [1.165, 1.54) is 25.7 Å². The maximum Gasteiger partial charge on any atom is 0.172 e. The van der Waals surface area contributed by atoms with Crippen LogP contribution >= 0.6 is 11.3 Å². The first-order valence-corrected chi connectivity index (χ1v) is 8.21. The third kappa shape index (κ3) is 4.39. The molecule has 1 aromatic heterocycles. The van der Waals surface area contributed by atoms with Gasteiger partial charge in [-0.05, 0) is 12.3 Å². The van der Waals surface area contributed by atoms with Crippen molar-refractivity contribution in [2.24, 2.45) is 5.92 Å². The first-order valence-electron chi connectivity index (χ1n) is 7.26. The van der Waals surface area contributed by atoms with Crippen molar-refractivity contribution in [2.75, 3.05) is 19.8 Å². The van der Waals surface area contributed by atoms with Crippen molar-refractivity contribution in [3.8, 4) is 11.5 Å². The third-order valence-corrected chi connectivity index (χ3v) is 4.21. The van der Waals surface area contributed by atoms with Gasteiger partial charge < -0.3 is 14.2 Å². The van der Waals surface area contributed by atoms with Crippen LogP contribution in [0.25, 0.3) is 0 Å². The number of ether oxygens (including phenoxy) is 3. The number of fused-ring (bicyclic) bond motifs is 1. The van der Waals surface area contributed by atoms with E-state index in [4.69, 9.17) is 14.2 Å². The predicted molar refractivity (Wildman–Crippen MR) is 78.4 cm³/mol. The molecule has 2 atom stereocenters. The van der Waals surface area contributed by atoms with Crippen molar-refractivity contribution in [1.29, 1.82) is 0 Å². The van der Waals surface area contributed by atoms with Crippen LogP contribution in [0, 0.1) is 5.92 Å². The van der Waals surface area contributed by atoms with Crippen molar-refractivity contribution in [1.82, 2.24) is 0 Å². The van der Waals surface area contributed by atoms with Crippen LogP contribution in [0.5, 0.6) is 11.5 Å². The average Bonchev–Trinajstić information content (AvgIpc) is 2.90. The smallest absolute Gasteiger partial charge is 0.172 e. The molecule has 19 heavy (non-hydrogen) atoms. The molecule has 0 aromatic carbocycles. The van der Waals surface area contributed by atoms with Gasteiger partial charge in [-0.25, -0.2) is 0 Å². The van der Waals surface area contributed by atoms with Crippen molar-refractivity contribution in [3.05, 3.63) is 10.8 Å². The highest BCUT2D eigenvalue weighted by atomic mass is 32.1. The Kier molecular flexibility index (Phi) is 5.98. The van der Waals surface area contributed by atoms with Crippen molar-refractivity contribution < 1.29 is 14.2 Å². The lowest BCUT2D eigenvalue weighted by Gasteiger charge is -2.25. The van der Waals surface area contributed by atoms with Gasteiger partial charge in [0.15, 0.2) is 17.6 Å². The van der Waals surface area contributed by atoms with E-state index in [-0.39, 0.29) is 6.10 Å². The summed E-state index contributed by atoms with van der Waals surface area (Å²) in [6.07, 6.45) is 5.05. The maximum absolute atomic E-state index is 5.83. The molecular weight excluding hydrogens is 260 g/mol. The second-order valence-electron chi connectivity index (χ2n) is 5.11. The fourth-order valence-corrected chi connectivity index (χ4v) is 2.88. The molecule has 3 nitrogen and oxygen atoms in total.